The van der Waals surface area contributed by atoms with Gasteiger partial charge >= 0.3 is 5.69 Å². The Bertz CT molecular complexity index is 1340. The van der Waals surface area contributed by atoms with Gasteiger partial charge in [-0.15, -0.1) is 0 Å². The number of nitrogens with two attached hydrogens (primary N) is 1. The number of anilines is 1. The summed E-state index contributed by atoms with van der Waals surface area (Å²) in [6, 6.07) is 15.2. The number of carbonyl (C=O) groups is 1. The minimum Gasteiger partial charge on any atom is -0.497 e. The molecule has 1 aliphatic rings. The average Bonchev–Trinajstić information content (AvgIpc) is 2.92. The lowest BCUT2D eigenvalue weighted by molar-refractivity contribution is 0.0997. The van der Waals surface area contributed by atoms with Crippen LogP contribution in [0.2, 0.25) is 0 Å². The molecule has 196 valence electrons. The van der Waals surface area contributed by atoms with Crippen LogP contribution in [0.25, 0.3) is 0 Å². The van der Waals surface area contributed by atoms with Gasteiger partial charge in [-0.05, 0) is 42.8 Å². The van der Waals surface area contributed by atoms with Crippen LogP contribution in [0, 0.1) is 0 Å². The third kappa shape index (κ3) is 6.03. The number of nitrogens with zero attached hydrogens (tertiary/aromatic N) is 4. The van der Waals surface area contributed by atoms with Gasteiger partial charge in [0.2, 0.25) is 0 Å². The fourth-order valence-electron chi connectivity index (χ4n) is 4.62. The van der Waals surface area contributed by atoms with E-state index in [1.165, 1.54) is 10.8 Å². The summed E-state index contributed by atoms with van der Waals surface area (Å²) in [4.78, 5) is 42.6. The third-order valence-corrected chi connectivity index (χ3v) is 6.67. The molecule has 10 nitrogen and oxygen atoms in total. The molecule has 4 rings (SSSR count). The van der Waals surface area contributed by atoms with Gasteiger partial charge < -0.3 is 20.1 Å². The van der Waals surface area contributed by atoms with Gasteiger partial charge in [-0.25, -0.2) is 4.79 Å². The summed E-state index contributed by atoms with van der Waals surface area (Å²) in [5.74, 6) is 0.702. The lowest BCUT2D eigenvalue weighted by Crippen LogP contribution is -2.47. The van der Waals surface area contributed by atoms with E-state index in [9.17, 15) is 14.4 Å². The maximum absolute atomic E-state index is 13.2. The Kier molecular flexibility index (Phi) is 8.29. The second-order valence-corrected chi connectivity index (χ2v) is 8.98. The van der Waals surface area contributed by atoms with E-state index in [0.717, 1.165) is 54.3 Å². The summed E-state index contributed by atoms with van der Waals surface area (Å²) in [5.41, 5.74) is 6.06. The van der Waals surface area contributed by atoms with Crippen molar-refractivity contribution in [2.24, 2.45) is 5.73 Å². The number of piperazine rings is 1. The Hall–Kier alpha value is -4.05. The van der Waals surface area contributed by atoms with Gasteiger partial charge in [-0.2, -0.15) is 0 Å². The van der Waals surface area contributed by atoms with Crippen molar-refractivity contribution in [1.29, 1.82) is 0 Å². The molecule has 0 aliphatic carbocycles. The summed E-state index contributed by atoms with van der Waals surface area (Å²) in [6.07, 6.45) is 1.85. The van der Waals surface area contributed by atoms with Crippen LogP contribution in [0.5, 0.6) is 11.5 Å². The normalized spacial score (nSPS) is 13.9. The Morgan fingerprint density at radius 2 is 1.62 bits per heavy atom. The second-order valence-electron chi connectivity index (χ2n) is 8.98. The Morgan fingerprint density at radius 1 is 0.919 bits per heavy atom. The van der Waals surface area contributed by atoms with Crippen LogP contribution in [-0.4, -0.2) is 66.9 Å². The smallest absolute Gasteiger partial charge is 0.331 e. The number of hydrogen-bond acceptors (Lipinski definition) is 7. The van der Waals surface area contributed by atoms with E-state index in [1.54, 1.807) is 26.4 Å². The fourth-order valence-corrected chi connectivity index (χ4v) is 4.62. The number of primary amides is 1. The van der Waals surface area contributed by atoms with Gasteiger partial charge in [-0.3, -0.25) is 23.6 Å². The summed E-state index contributed by atoms with van der Waals surface area (Å²) >= 11 is 0. The second kappa shape index (κ2) is 11.8. The number of methoxy groups -OCH3 is 2. The van der Waals surface area contributed by atoms with E-state index in [4.69, 9.17) is 15.2 Å². The largest absolute Gasteiger partial charge is 0.497 e. The van der Waals surface area contributed by atoms with Crippen LogP contribution in [0.3, 0.4) is 0 Å². The summed E-state index contributed by atoms with van der Waals surface area (Å²) in [5, 5.41) is 0. The van der Waals surface area contributed by atoms with Crippen LogP contribution in [-0.2, 0) is 13.1 Å². The van der Waals surface area contributed by atoms with E-state index < -0.39 is 17.2 Å². The van der Waals surface area contributed by atoms with Gasteiger partial charge in [0.15, 0.2) is 0 Å². The molecule has 2 aromatic carbocycles. The highest BCUT2D eigenvalue weighted by Crippen LogP contribution is 2.28. The number of amides is 1. The van der Waals surface area contributed by atoms with Gasteiger partial charge in [0.1, 0.15) is 17.1 Å². The van der Waals surface area contributed by atoms with Crippen molar-refractivity contribution in [3.63, 3.8) is 0 Å². The first kappa shape index (κ1) is 26.0. The Morgan fingerprint density at radius 3 is 2.27 bits per heavy atom. The van der Waals surface area contributed by atoms with E-state index in [0.29, 0.717) is 12.2 Å². The molecule has 37 heavy (non-hydrogen) atoms. The van der Waals surface area contributed by atoms with Crippen LogP contribution in [0.4, 0.5) is 5.69 Å². The molecule has 1 aromatic heterocycles. The maximum Gasteiger partial charge on any atom is 0.331 e. The summed E-state index contributed by atoms with van der Waals surface area (Å²) < 4.78 is 13.1. The number of hydrogen-bond donors (Lipinski definition) is 1. The molecule has 0 unspecified atom stereocenters. The van der Waals surface area contributed by atoms with Gasteiger partial charge in [-0.1, -0.05) is 24.3 Å². The van der Waals surface area contributed by atoms with Crippen LogP contribution < -0.4 is 31.4 Å². The zero-order valence-corrected chi connectivity index (χ0v) is 21.3. The zero-order valence-electron chi connectivity index (χ0n) is 21.3. The minimum absolute atomic E-state index is 0.196. The molecule has 2 heterocycles. The SMILES string of the molecule is COc1ccc(Cn2cc(C(N)=O)c(=O)n(CCCN3CCN(c4ccccc4OC)CC3)c2=O)cc1. The van der Waals surface area contributed by atoms with Crippen LogP contribution in [0.15, 0.2) is 64.3 Å². The fraction of sp³-hybridized carbons (Fsp3) is 0.370. The number of benzene rings is 2. The molecule has 0 spiro atoms. The van der Waals surface area contributed by atoms with E-state index >= 15 is 0 Å². The number of aromatic nitrogens is 2. The third-order valence-electron chi connectivity index (χ3n) is 6.67. The van der Waals surface area contributed by atoms with Gasteiger partial charge in [0.05, 0.1) is 26.5 Å². The molecule has 1 saturated heterocycles. The molecule has 2 N–H and O–H groups in total. The first-order valence-corrected chi connectivity index (χ1v) is 12.3. The van der Waals surface area contributed by atoms with Crippen LogP contribution >= 0.6 is 0 Å². The molecule has 0 bridgehead atoms. The number of para-hydroxylation sites is 2. The predicted octanol–water partition coefficient (Wildman–Crippen LogP) is 1.39. The first-order chi connectivity index (χ1) is 17.9. The highest BCUT2D eigenvalue weighted by atomic mass is 16.5. The van der Waals surface area contributed by atoms with Crippen molar-refractivity contribution in [2.75, 3.05) is 51.8 Å². The molecule has 10 heteroatoms. The van der Waals surface area contributed by atoms with Crippen molar-refractivity contribution in [1.82, 2.24) is 14.0 Å². The molecule has 0 atom stereocenters. The quantitative estimate of drug-likeness (QED) is 0.441. The number of ether oxygens (including phenoxy) is 2. The van der Waals surface area contributed by atoms with E-state index in [1.807, 2.05) is 30.3 Å². The molecule has 1 amide bonds. The molecule has 1 aliphatic heterocycles. The van der Waals surface area contributed by atoms with Gasteiger partial charge in [0.25, 0.3) is 11.5 Å². The van der Waals surface area contributed by atoms with Crippen molar-refractivity contribution in [3.05, 3.63) is 86.7 Å². The molecular weight excluding hydrogens is 474 g/mol. The topological polar surface area (TPSA) is 112 Å². The molecule has 1 fully saturated rings. The maximum atomic E-state index is 13.2. The van der Waals surface area contributed by atoms with Crippen molar-refractivity contribution in [2.45, 2.75) is 19.5 Å². The highest BCUT2D eigenvalue weighted by Gasteiger charge is 2.20. The average molecular weight is 508 g/mol. The Labute approximate surface area is 215 Å². The van der Waals surface area contributed by atoms with Crippen molar-refractivity contribution in [3.8, 4) is 11.5 Å². The standard InChI is InChI=1S/C27H33N5O5/c1-36-21-10-8-20(9-11-21)18-31-19-22(25(28)33)26(34)32(27(31)35)13-5-12-29-14-16-30(17-15-29)23-6-3-4-7-24(23)37-2/h3-4,6-11,19H,5,12-18H2,1-2H3,(H2,28,33). The van der Waals surface area contributed by atoms with E-state index in [-0.39, 0.29) is 18.7 Å². The number of carbonyl (C=O) groups excluding carboxylic acids is 1. The summed E-state index contributed by atoms with van der Waals surface area (Å²) in [6.45, 7) is 4.55. The number of rotatable bonds is 10. The predicted molar refractivity (Wildman–Crippen MR) is 142 cm³/mol. The van der Waals surface area contributed by atoms with Crippen molar-refractivity contribution >= 4 is 11.6 Å². The molecular formula is C27H33N5O5. The first-order valence-electron chi connectivity index (χ1n) is 12.3. The Balaban J connectivity index is 1.42. The lowest BCUT2D eigenvalue weighted by Gasteiger charge is -2.36. The van der Waals surface area contributed by atoms with Gasteiger partial charge in [0, 0.05) is 38.9 Å². The lowest BCUT2D eigenvalue weighted by atomic mass is 10.2. The van der Waals surface area contributed by atoms with Crippen molar-refractivity contribution < 1.29 is 14.3 Å². The van der Waals surface area contributed by atoms with Crippen LogP contribution in [0.1, 0.15) is 22.3 Å². The zero-order chi connectivity index (χ0) is 26.4. The monoisotopic (exact) mass is 507 g/mol. The minimum atomic E-state index is -0.852. The highest BCUT2D eigenvalue weighted by molar-refractivity contribution is 5.92. The van der Waals surface area contributed by atoms with E-state index in [2.05, 4.69) is 15.9 Å². The molecule has 0 radical (unpaired) electrons. The molecule has 3 aromatic rings. The molecule has 0 saturated carbocycles. The summed E-state index contributed by atoms with van der Waals surface area (Å²) in [7, 11) is 3.25.